The fourth-order valence-corrected chi connectivity index (χ4v) is 4.92. The number of benzene rings is 1. The van der Waals surface area contributed by atoms with E-state index >= 15 is 0 Å². The van der Waals surface area contributed by atoms with Crippen molar-refractivity contribution in [2.75, 3.05) is 38.2 Å². The molecule has 1 N–H and O–H groups in total. The minimum atomic E-state index is -0.160. The lowest BCUT2D eigenvalue weighted by Crippen LogP contribution is -2.62. The molecule has 3 aliphatic rings. The normalized spacial score (nSPS) is 28.9. The van der Waals surface area contributed by atoms with Gasteiger partial charge in [-0.2, -0.15) is 0 Å². The van der Waals surface area contributed by atoms with Crippen LogP contribution in [0.2, 0.25) is 0 Å². The number of rotatable bonds is 4. The molecule has 2 unspecified atom stereocenters. The van der Waals surface area contributed by atoms with Crippen LogP contribution in [0, 0.1) is 5.41 Å². The number of likely N-dealkylation sites (N-methyl/N-ethyl adjacent to an activating group) is 1. The van der Waals surface area contributed by atoms with E-state index in [4.69, 9.17) is 4.74 Å². The monoisotopic (exact) mass is 330 g/mol. The van der Waals surface area contributed by atoms with E-state index in [9.17, 15) is 5.11 Å². The van der Waals surface area contributed by atoms with Crippen molar-refractivity contribution in [1.29, 1.82) is 0 Å². The molecule has 1 saturated carbocycles. The lowest BCUT2D eigenvalue weighted by molar-refractivity contribution is -0.209. The van der Waals surface area contributed by atoms with Gasteiger partial charge in [0.05, 0.1) is 12.2 Å². The van der Waals surface area contributed by atoms with Gasteiger partial charge in [-0.3, -0.25) is 4.90 Å². The largest absolute Gasteiger partial charge is 0.392 e. The van der Waals surface area contributed by atoms with Gasteiger partial charge in [0.1, 0.15) is 0 Å². The number of anilines is 1. The summed E-state index contributed by atoms with van der Waals surface area (Å²) >= 11 is 0. The summed E-state index contributed by atoms with van der Waals surface area (Å²) in [6.45, 7) is 7.12. The zero-order chi connectivity index (χ0) is 16.7. The van der Waals surface area contributed by atoms with Crippen molar-refractivity contribution >= 4 is 5.69 Å². The van der Waals surface area contributed by atoms with E-state index in [0.717, 1.165) is 52.0 Å². The molecule has 1 saturated heterocycles. The second kappa shape index (κ2) is 6.32. The number of fused-ring (bicyclic) bond motifs is 1. The molecule has 2 fully saturated rings. The molecule has 1 aliphatic carbocycles. The summed E-state index contributed by atoms with van der Waals surface area (Å²) in [5, 5.41) is 10.3. The highest BCUT2D eigenvalue weighted by Crippen LogP contribution is 2.51. The fraction of sp³-hybridized carbons (Fsp3) is 0.700. The Labute approximate surface area is 145 Å². The number of ether oxygens (including phenoxy) is 1. The Morgan fingerprint density at radius 1 is 1.25 bits per heavy atom. The maximum Gasteiger partial charge on any atom is 0.0681 e. The summed E-state index contributed by atoms with van der Waals surface area (Å²) in [5.41, 5.74) is 4.35. The van der Waals surface area contributed by atoms with Gasteiger partial charge in [0.25, 0.3) is 0 Å². The minimum Gasteiger partial charge on any atom is -0.392 e. The standard InChI is InChI=1S/C20H30N2O2/c1-3-24-19-13-18(23)20(19)7-10-22(11-8-20)14-15-4-5-17-16(12-15)6-9-21(17)2/h4-5,12,18-19,23H,3,6-11,13-14H2,1-2H3. The second-order valence-electron chi connectivity index (χ2n) is 7.84. The molecule has 0 amide bonds. The summed E-state index contributed by atoms with van der Waals surface area (Å²) in [5.74, 6) is 0. The fourth-order valence-electron chi connectivity index (χ4n) is 4.92. The highest BCUT2D eigenvalue weighted by Gasteiger charge is 2.55. The van der Waals surface area contributed by atoms with Crippen molar-refractivity contribution in [3.63, 3.8) is 0 Å². The van der Waals surface area contributed by atoms with Crippen LogP contribution >= 0.6 is 0 Å². The zero-order valence-corrected chi connectivity index (χ0v) is 15.0. The van der Waals surface area contributed by atoms with Gasteiger partial charge in [-0.1, -0.05) is 12.1 Å². The van der Waals surface area contributed by atoms with E-state index in [1.807, 2.05) is 0 Å². The average Bonchev–Trinajstić information content (AvgIpc) is 2.96. The number of hydrogen-bond acceptors (Lipinski definition) is 4. The molecule has 1 aromatic rings. The van der Waals surface area contributed by atoms with E-state index < -0.39 is 0 Å². The molecule has 4 nitrogen and oxygen atoms in total. The lowest BCUT2D eigenvalue weighted by atomic mass is 9.58. The van der Waals surface area contributed by atoms with Crippen LogP contribution in [0.5, 0.6) is 0 Å². The Balaban J connectivity index is 1.37. The van der Waals surface area contributed by atoms with Crippen molar-refractivity contribution in [1.82, 2.24) is 4.90 Å². The van der Waals surface area contributed by atoms with Gasteiger partial charge in [0.2, 0.25) is 0 Å². The SMILES string of the molecule is CCOC1CC(O)C12CCN(Cc1ccc3c(c1)CCN3C)CC2. The third kappa shape index (κ3) is 2.65. The maximum atomic E-state index is 10.3. The van der Waals surface area contributed by atoms with Crippen LogP contribution in [-0.4, -0.2) is 55.5 Å². The molecular formula is C20H30N2O2. The van der Waals surface area contributed by atoms with E-state index in [-0.39, 0.29) is 17.6 Å². The molecule has 4 heteroatoms. The summed E-state index contributed by atoms with van der Waals surface area (Å²) in [6, 6.07) is 6.96. The Morgan fingerprint density at radius 3 is 2.75 bits per heavy atom. The summed E-state index contributed by atoms with van der Waals surface area (Å²) in [4.78, 5) is 4.88. The molecule has 2 aliphatic heterocycles. The van der Waals surface area contributed by atoms with Crippen molar-refractivity contribution in [2.45, 2.75) is 51.4 Å². The lowest BCUT2D eigenvalue weighted by Gasteiger charge is -2.56. The van der Waals surface area contributed by atoms with Gasteiger partial charge < -0.3 is 14.7 Å². The molecule has 132 valence electrons. The zero-order valence-electron chi connectivity index (χ0n) is 15.0. The van der Waals surface area contributed by atoms with Gasteiger partial charge in [-0.05, 0) is 56.5 Å². The molecule has 0 radical (unpaired) electrons. The Kier molecular flexibility index (Phi) is 4.31. The van der Waals surface area contributed by atoms with Gasteiger partial charge in [0.15, 0.2) is 0 Å². The highest BCUT2D eigenvalue weighted by molar-refractivity contribution is 5.58. The number of aliphatic hydroxyl groups excluding tert-OH is 1. The number of aliphatic hydroxyl groups is 1. The average molecular weight is 330 g/mol. The van der Waals surface area contributed by atoms with Crippen LogP contribution in [0.3, 0.4) is 0 Å². The van der Waals surface area contributed by atoms with Crippen LogP contribution < -0.4 is 4.90 Å². The third-order valence-corrected chi connectivity index (χ3v) is 6.57. The van der Waals surface area contributed by atoms with Crippen molar-refractivity contribution < 1.29 is 9.84 Å². The minimum absolute atomic E-state index is 0.0349. The number of piperidine rings is 1. The smallest absolute Gasteiger partial charge is 0.0681 e. The maximum absolute atomic E-state index is 10.3. The molecule has 2 atom stereocenters. The third-order valence-electron chi connectivity index (χ3n) is 6.57. The summed E-state index contributed by atoms with van der Waals surface area (Å²) in [7, 11) is 2.17. The Morgan fingerprint density at radius 2 is 2.04 bits per heavy atom. The highest BCUT2D eigenvalue weighted by atomic mass is 16.5. The quantitative estimate of drug-likeness (QED) is 0.920. The molecule has 0 aromatic heterocycles. The van der Waals surface area contributed by atoms with Gasteiger partial charge in [0, 0.05) is 44.3 Å². The Hall–Kier alpha value is -1.10. The summed E-state index contributed by atoms with van der Waals surface area (Å²) < 4.78 is 5.87. The van der Waals surface area contributed by atoms with E-state index in [0.29, 0.717) is 0 Å². The van der Waals surface area contributed by atoms with Crippen LogP contribution in [0.25, 0.3) is 0 Å². The second-order valence-corrected chi connectivity index (χ2v) is 7.84. The topological polar surface area (TPSA) is 35.9 Å². The first-order valence-corrected chi connectivity index (χ1v) is 9.47. The molecule has 0 bridgehead atoms. The molecule has 1 spiro atoms. The van der Waals surface area contributed by atoms with E-state index in [1.165, 1.54) is 23.2 Å². The molecule has 4 rings (SSSR count). The Bertz CT molecular complexity index is 593. The van der Waals surface area contributed by atoms with Crippen molar-refractivity contribution in [2.24, 2.45) is 5.41 Å². The van der Waals surface area contributed by atoms with Gasteiger partial charge in [-0.25, -0.2) is 0 Å². The predicted octanol–water partition coefficient (Wildman–Crippen LogP) is 2.43. The van der Waals surface area contributed by atoms with Crippen molar-refractivity contribution in [3.8, 4) is 0 Å². The first-order chi connectivity index (χ1) is 11.6. The predicted molar refractivity (Wildman–Crippen MR) is 96.4 cm³/mol. The molecule has 24 heavy (non-hydrogen) atoms. The molecule has 2 heterocycles. The first kappa shape index (κ1) is 16.4. The van der Waals surface area contributed by atoms with Crippen LogP contribution in [0.15, 0.2) is 18.2 Å². The van der Waals surface area contributed by atoms with Crippen molar-refractivity contribution in [3.05, 3.63) is 29.3 Å². The summed E-state index contributed by atoms with van der Waals surface area (Å²) in [6.07, 6.45) is 4.23. The van der Waals surface area contributed by atoms with Crippen LogP contribution in [0.4, 0.5) is 5.69 Å². The number of likely N-dealkylation sites (tertiary alicyclic amines) is 1. The van der Waals surface area contributed by atoms with Crippen LogP contribution in [-0.2, 0) is 17.7 Å². The van der Waals surface area contributed by atoms with Gasteiger partial charge >= 0.3 is 0 Å². The number of hydrogen-bond donors (Lipinski definition) is 1. The molecule has 1 aromatic carbocycles. The van der Waals surface area contributed by atoms with Gasteiger partial charge in [-0.15, -0.1) is 0 Å². The first-order valence-electron chi connectivity index (χ1n) is 9.47. The number of nitrogens with zero attached hydrogens (tertiary/aromatic N) is 2. The molecular weight excluding hydrogens is 300 g/mol. The van der Waals surface area contributed by atoms with E-state index in [1.54, 1.807) is 0 Å². The van der Waals surface area contributed by atoms with Crippen LogP contribution in [0.1, 0.15) is 37.3 Å². The van der Waals surface area contributed by atoms with E-state index in [2.05, 4.69) is 42.0 Å².